The predicted octanol–water partition coefficient (Wildman–Crippen LogP) is 2.44. The molecule has 23 heavy (non-hydrogen) atoms. The number of ether oxygens (including phenoxy) is 3. The van der Waals surface area contributed by atoms with Crippen LogP contribution in [0, 0.1) is 0 Å². The van der Waals surface area contributed by atoms with Crippen molar-refractivity contribution in [2.45, 2.75) is 18.9 Å². The summed E-state index contributed by atoms with van der Waals surface area (Å²) in [5.74, 6) is 1.40. The second-order valence-corrected chi connectivity index (χ2v) is 5.57. The van der Waals surface area contributed by atoms with Crippen LogP contribution in [0.25, 0.3) is 0 Å². The zero-order valence-electron chi connectivity index (χ0n) is 13.2. The van der Waals surface area contributed by atoms with Gasteiger partial charge in [0, 0.05) is 31.6 Å². The fourth-order valence-electron chi connectivity index (χ4n) is 2.81. The lowest BCUT2D eigenvalue weighted by Crippen LogP contribution is -2.37. The highest BCUT2D eigenvalue weighted by Gasteiger charge is 2.23. The van der Waals surface area contributed by atoms with Crippen molar-refractivity contribution in [2.75, 3.05) is 33.4 Å². The van der Waals surface area contributed by atoms with Crippen molar-refractivity contribution >= 4 is 18.4 Å². The molecule has 1 unspecified atom stereocenters. The summed E-state index contributed by atoms with van der Waals surface area (Å²) in [6, 6.07) is 7.74. The molecule has 0 saturated carbocycles. The molecule has 0 fully saturated rings. The van der Waals surface area contributed by atoms with Gasteiger partial charge in [-0.05, 0) is 18.6 Å². The molecule has 0 radical (unpaired) electrons. The molecule has 0 amide bonds. The van der Waals surface area contributed by atoms with Crippen molar-refractivity contribution in [3.8, 4) is 11.5 Å². The topological polar surface area (TPSA) is 48.0 Å². The number of nitrogens with zero attached hydrogens (tertiary/aromatic N) is 1. The SMILES string of the molecule is COC(=O)C1=CCCN(CCC2COc3ccccc3O2)C1.Cl. The highest BCUT2D eigenvalue weighted by Crippen LogP contribution is 2.31. The van der Waals surface area contributed by atoms with E-state index in [2.05, 4.69) is 4.90 Å². The fourth-order valence-corrected chi connectivity index (χ4v) is 2.81. The van der Waals surface area contributed by atoms with Crippen LogP contribution in [-0.2, 0) is 9.53 Å². The van der Waals surface area contributed by atoms with Crippen molar-refractivity contribution in [3.05, 3.63) is 35.9 Å². The first kappa shape index (κ1) is 17.6. The molecule has 0 bridgehead atoms. The summed E-state index contributed by atoms with van der Waals surface area (Å²) >= 11 is 0. The number of halogens is 1. The zero-order valence-corrected chi connectivity index (χ0v) is 14.0. The molecule has 2 aliphatic rings. The van der Waals surface area contributed by atoms with E-state index in [1.807, 2.05) is 30.3 Å². The van der Waals surface area contributed by atoms with Gasteiger partial charge in [0.05, 0.1) is 7.11 Å². The summed E-state index contributed by atoms with van der Waals surface area (Å²) in [5, 5.41) is 0. The minimum Gasteiger partial charge on any atom is -0.486 e. The second-order valence-electron chi connectivity index (χ2n) is 5.57. The number of hydrogen-bond acceptors (Lipinski definition) is 5. The number of esters is 1. The second kappa shape index (κ2) is 8.22. The van der Waals surface area contributed by atoms with Crippen LogP contribution in [0.5, 0.6) is 11.5 Å². The van der Waals surface area contributed by atoms with Gasteiger partial charge >= 0.3 is 5.97 Å². The highest BCUT2D eigenvalue weighted by molar-refractivity contribution is 5.88. The van der Waals surface area contributed by atoms with Gasteiger partial charge in [0.25, 0.3) is 0 Å². The predicted molar refractivity (Wildman–Crippen MR) is 89.4 cm³/mol. The Balaban J connectivity index is 0.00000192. The first-order valence-electron chi connectivity index (χ1n) is 7.64. The summed E-state index contributed by atoms with van der Waals surface area (Å²) < 4.78 is 16.5. The van der Waals surface area contributed by atoms with Crippen molar-refractivity contribution in [2.24, 2.45) is 0 Å². The van der Waals surface area contributed by atoms with E-state index >= 15 is 0 Å². The van der Waals surface area contributed by atoms with Gasteiger partial charge in [0.1, 0.15) is 12.7 Å². The maximum atomic E-state index is 11.6. The Morgan fingerprint density at radius 2 is 2.13 bits per heavy atom. The number of para-hydroxylation sites is 2. The molecule has 1 aromatic carbocycles. The molecule has 5 nitrogen and oxygen atoms in total. The number of methoxy groups -OCH3 is 1. The van der Waals surface area contributed by atoms with Crippen LogP contribution < -0.4 is 9.47 Å². The molecule has 6 heteroatoms. The van der Waals surface area contributed by atoms with Gasteiger partial charge in [-0.25, -0.2) is 4.79 Å². The van der Waals surface area contributed by atoms with Gasteiger partial charge in [-0.1, -0.05) is 18.2 Å². The van der Waals surface area contributed by atoms with Crippen molar-refractivity contribution < 1.29 is 19.0 Å². The minimum absolute atomic E-state index is 0. The molecule has 1 atom stereocenters. The molecule has 2 heterocycles. The lowest BCUT2D eigenvalue weighted by molar-refractivity contribution is -0.136. The number of carbonyl (C=O) groups is 1. The Kier molecular flexibility index (Phi) is 6.30. The lowest BCUT2D eigenvalue weighted by atomic mass is 10.1. The van der Waals surface area contributed by atoms with E-state index in [0.29, 0.717) is 13.2 Å². The van der Waals surface area contributed by atoms with Gasteiger partial charge in [-0.3, -0.25) is 4.90 Å². The van der Waals surface area contributed by atoms with Gasteiger partial charge in [0.2, 0.25) is 0 Å². The largest absolute Gasteiger partial charge is 0.486 e. The van der Waals surface area contributed by atoms with E-state index in [1.165, 1.54) is 7.11 Å². The van der Waals surface area contributed by atoms with Crippen LogP contribution in [-0.4, -0.2) is 50.3 Å². The Morgan fingerprint density at radius 1 is 1.35 bits per heavy atom. The van der Waals surface area contributed by atoms with Crippen molar-refractivity contribution in [1.82, 2.24) is 4.90 Å². The minimum atomic E-state index is -0.226. The summed E-state index contributed by atoms with van der Waals surface area (Å²) in [4.78, 5) is 13.9. The molecule has 0 saturated heterocycles. The molecule has 0 N–H and O–H groups in total. The normalized spacial score (nSPS) is 20.2. The maximum Gasteiger partial charge on any atom is 0.334 e. The van der Waals surface area contributed by atoms with Crippen molar-refractivity contribution in [3.63, 3.8) is 0 Å². The van der Waals surface area contributed by atoms with Gasteiger partial charge < -0.3 is 14.2 Å². The average Bonchev–Trinajstić information content (AvgIpc) is 2.59. The van der Waals surface area contributed by atoms with Crippen LogP contribution in [0.3, 0.4) is 0 Å². The highest BCUT2D eigenvalue weighted by atomic mass is 35.5. The molecule has 2 aliphatic heterocycles. The van der Waals surface area contributed by atoms with E-state index < -0.39 is 0 Å². The standard InChI is InChI=1S/C17H21NO4.ClH/c1-20-17(19)13-5-4-9-18(11-13)10-8-14-12-21-15-6-2-3-7-16(15)22-14;/h2-3,5-7,14H,4,8-12H2,1H3;1H. The van der Waals surface area contributed by atoms with Gasteiger partial charge in [-0.15, -0.1) is 12.4 Å². The fraction of sp³-hybridized carbons (Fsp3) is 0.471. The molecule has 126 valence electrons. The summed E-state index contributed by atoms with van der Waals surface area (Å²) in [6.07, 6.45) is 3.79. The van der Waals surface area contributed by atoms with Crippen molar-refractivity contribution in [1.29, 1.82) is 0 Å². The monoisotopic (exact) mass is 339 g/mol. The van der Waals surface area contributed by atoms with Gasteiger partial charge in [-0.2, -0.15) is 0 Å². The third kappa shape index (κ3) is 4.39. The number of carbonyl (C=O) groups excluding carboxylic acids is 1. The van der Waals surface area contributed by atoms with Crippen LogP contribution in [0.1, 0.15) is 12.8 Å². The van der Waals surface area contributed by atoms with Gasteiger partial charge in [0.15, 0.2) is 11.5 Å². The molecule has 0 aliphatic carbocycles. The van der Waals surface area contributed by atoms with E-state index in [4.69, 9.17) is 14.2 Å². The number of benzene rings is 1. The first-order chi connectivity index (χ1) is 10.8. The molecule has 1 aromatic rings. The Labute approximate surface area is 142 Å². The third-order valence-corrected chi connectivity index (χ3v) is 4.01. The van der Waals surface area contributed by atoms with Crippen LogP contribution in [0.2, 0.25) is 0 Å². The van der Waals surface area contributed by atoms with E-state index in [0.717, 1.165) is 43.0 Å². The molecular weight excluding hydrogens is 318 g/mol. The smallest absolute Gasteiger partial charge is 0.334 e. The quantitative estimate of drug-likeness (QED) is 0.789. The van der Waals surface area contributed by atoms with E-state index in [1.54, 1.807) is 0 Å². The summed E-state index contributed by atoms with van der Waals surface area (Å²) in [7, 11) is 1.42. The number of fused-ring (bicyclic) bond motifs is 1. The Bertz CT molecular complexity index is 575. The molecule has 0 spiro atoms. The van der Waals surface area contributed by atoms with E-state index in [9.17, 15) is 4.79 Å². The Hall–Kier alpha value is -1.72. The van der Waals surface area contributed by atoms with Crippen LogP contribution >= 0.6 is 12.4 Å². The van der Waals surface area contributed by atoms with Crippen LogP contribution in [0.4, 0.5) is 0 Å². The molecular formula is C17H22ClNO4. The maximum absolute atomic E-state index is 11.6. The zero-order chi connectivity index (χ0) is 15.4. The summed E-state index contributed by atoms with van der Waals surface area (Å²) in [6.45, 7) is 3.07. The lowest BCUT2D eigenvalue weighted by Gasteiger charge is -2.30. The molecule has 0 aromatic heterocycles. The number of rotatable bonds is 4. The molecule has 3 rings (SSSR count). The number of hydrogen-bond donors (Lipinski definition) is 0. The summed E-state index contributed by atoms with van der Waals surface area (Å²) in [5.41, 5.74) is 0.750. The van der Waals surface area contributed by atoms with Crippen LogP contribution in [0.15, 0.2) is 35.9 Å². The Morgan fingerprint density at radius 3 is 2.91 bits per heavy atom. The average molecular weight is 340 g/mol. The van der Waals surface area contributed by atoms with E-state index in [-0.39, 0.29) is 24.5 Å². The third-order valence-electron chi connectivity index (χ3n) is 4.01. The first-order valence-corrected chi connectivity index (χ1v) is 7.64.